The maximum atomic E-state index is 13.2. The highest BCUT2D eigenvalue weighted by Crippen LogP contribution is 2.35. The third-order valence-electron chi connectivity index (χ3n) is 5.70. The van der Waals surface area contributed by atoms with E-state index in [0.29, 0.717) is 24.1 Å². The first-order chi connectivity index (χ1) is 14.3. The molecule has 1 aliphatic heterocycles. The number of hydrogen-bond donors (Lipinski definition) is 1. The second kappa shape index (κ2) is 7.74. The van der Waals surface area contributed by atoms with Crippen molar-refractivity contribution in [3.63, 3.8) is 0 Å². The van der Waals surface area contributed by atoms with Crippen molar-refractivity contribution >= 4 is 18.2 Å². The largest absolute Gasteiger partial charge is 0.497 e. The number of aromatic nitrogens is 1. The van der Waals surface area contributed by atoms with E-state index in [9.17, 15) is 18.0 Å². The highest BCUT2D eigenvalue weighted by Gasteiger charge is 2.40. The third-order valence-corrected chi connectivity index (χ3v) is 5.70. The van der Waals surface area contributed by atoms with Crippen LogP contribution in [0.1, 0.15) is 36.2 Å². The smallest absolute Gasteiger partial charge is 0.410 e. The fraction of sp³-hybridized carbons (Fsp3) is 0.409. The van der Waals surface area contributed by atoms with Crippen molar-refractivity contribution in [1.29, 1.82) is 0 Å². The number of nitrogens with one attached hydrogen (secondary N) is 1. The number of amides is 1. The number of carbonyl (C=O) groups is 1. The van der Waals surface area contributed by atoms with Crippen molar-refractivity contribution in [3.05, 3.63) is 51.7 Å². The number of fused-ring (bicyclic) bond motifs is 3. The van der Waals surface area contributed by atoms with Crippen LogP contribution >= 0.6 is 0 Å². The third kappa shape index (κ3) is 3.55. The average molecular weight is 420 g/mol. The number of ether oxygens (including phenoxy) is 2. The molecule has 2 atom stereocenters. The molecule has 5 nitrogen and oxygen atoms in total. The zero-order chi connectivity index (χ0) is 21.5. The molecule has 30 heavy (non-hydrogen) atoms. The van der Waals surface area contributed by atoms with Gasteiger partial charge in [0.15, 0.2) is 0 Å². The van der Waals surface area contributed by atoms with E-state index in [4.69, 9.17) is 9.47 Å². The summed E-state index contributed by atoms with van der Waals surface area (Å²) in [6.45, 7) is 2.40. The summed E-state index contributed by atoms with van der Waals surface area (Å²) < 4.78 is 50.2. The number of alkyl halides is 3. The molecule has 0 saturated carbocycles. The Morgan fingerprint density at radius 1 is 1.27 bits per heavy atom. The van der Waals surface area contributed by atoms with E-state index in [1.54, 1.807) is 37.1 Å². The van der Waals surface area contributed by atoms with Gasteiger partial charge in [0.25, 0.3) is 0 Å². The van der Waals surface area contributed by atoms with Crippen LogP contribution in [0.25, 0.3) is 12.2 Å². The number of rotatable bonds is 3. The SMILES string of the molecule is CCOC(=O)N1CCc2c([nH]c3c2=CCC(C(F)(F)F)C=3)C1c1ccc(OC)cc1. The van der Waals surface area contributed by atoms with Crippen LogP contribution in [-0.4, -0.2) is 42.4 Å². The molecule has 0 fully saturated rings. The number of aromatic amines is 1. The Morgan fingerprint density at radius 2 is 2.00 bits per heavy atom. The molecule has 2 aliphatic rings. The van der Waals surface area contributed by atoms with Gasteiger partial charge in [-0.1, -0.05) is 18.2 Å². The second-order valence-corrected chi connectivity index (χ2v) is 7.42. The Labute approximate surface area is 171 Å². The molecule has 0 bridgehead atoms. The van der Waals surface area contributed by atoms with Crippen LogP contribution < -0.4 is 15.3 Å². The Hall–Kier alpha value is -2.90. The molecule has 1 aliphatic carbocycles. The molecule has 0 spiro atoms. The average Bonchev–Trinajstić information content (AvgIpc) is 3.10. The lowest BCUT2D eigenvalue weighted by molar-refractivity contribution is -0.155. The first-order valence-corrected chi connectivity index (χ1v) is 9.90. The van der Waals surface area contributed by atoms with E-state index in [0.717, 1.165) is 22.0 Å². The highest BCUT2D eigenvalue weighted by molar-refractivity contribution is 5.70. The van der Waals surface area contributed by atoms with Crippen LogP contribution in [0.2, 0.25) is 0 Å². The molecule has 160 valence electrons. The first-order valence-electron chi connectivity index (χ1n) is 9.90. The minimum Gasteiger partial charge on any atom is -0.497 e. The van der Waals surface area contributed by atoms with Crippen molar-refractivity contribution in [3.8, 4) is 5.75 Å². The van der Waals surface area contributed by atoms with Crippen molar-refractivity contribution < 1.29 is 27.4 Å². The lowest BCUT2D eigenvalue weighted by Gasteiger charge is -2.35. The molecule has 1 aromatic carbocycles. The monoisotopic (exact) mass is 420 g/mol. The molecular weight excluding hydrogens is 397 g/mol. The van der Waals surface area contributed by atoms with E-state index in [-0.39, 0.29) is 13.0 Å². The molecule has 2 unspecified atom stereocenters. The van der Waals surface area contributed by atoms with Gasteiger partial charge in [-0.15, -0.1) is 0 Å². The van der Waals surface area contributed by atoms with E-state index in [1.807, 2.05) is 12.1 Å². The topological polar surface area (TPSA) is 54.6 Å². The van der Waals surface area contributed by atoms with Crippen molar-refractivity contribution in [2.75, 3.05) is 20.3 Å². The Balaban J connectivity index is 1.84. The summed E-state index contributed by atoms with van der Waals surface area (Å²) >= 11 is 0. The van der Waals surface area contributed by atoms with Crippen molar-refractivity contribution in [1.82, 2.24) is 9.88 Å². The minimum atomic E-state index is -4.29. The van der Waals surface area contributed by atoms with Gasteiger partial charge >= 0.3 is 12.3 Å². The summed E-state index contributed by atoms with van der Waals surface area (Å²) in [7, 11) is 1.57. The number of nitrogens with zero attached hydrogens (tertiary/aromatic N) is 1. The minimum absolute atomic E-state index is 0.0738. The van der Waals surface area contributed by atoms with Crippen molar-refractivity contribution in [2.24, 2.45) is 5.92 Å². The summed E-state index contributed by atoms with van der Waals surface area (Å²) in [5, 5.41) is 1.28. The number of methoxy groups -OCH3 is 1. The molecule has 2 heterocycles. The number of carbonyl (C=O) groups excluding carboxylic acids is 1. The standard InChI is InChI=1S/C22H23F3N2O3/c1-3-30-21(28)27-11-10-17-16-9-6-14(22(23,24)25)12-18(16)26-19(17)20(27)13-4-7-15(29-2)8-5-13/h4-5,7-9,12,14,20,26H,3,6,10-11H2,1-2H3. The first kappa shape index (κ1) is 20.4. The number of benzene rings is 1. The normalized spacial score (nSPS) is 20.5. The molecule has 1 aromatic heterocycles. The van der Waals surface area contributed by atoms with Crippen LogP contribution in [0.4, 0.5) is 18.0 Å². The van der Waals surface area contributed by atoms with Crippen LogP contribution in [0.3, 0.4) is 0 Å². The predicted octanol–water partition coefficient (Wildman–Crippen LogP) is 3.27. The van der Waals surface area contributed by atoms with Gasteiger partial charge in [0.05, 0.1) is 19.6 Å². The molecule has 4 rings (SSSR count). The fourth-order valence-corrected chi connectivity index (χ4v) is 4.26. The molecule has 0 radical (unpaired) electrons. The highest BCUT2D eigenvalue weighted by atomic mass is 19.4. The zero-order valence-electron chi connectivity index (χ0n) is 16.8. The summed E-state index contributed by atoms with van der Waals surface area (Å²) in [6.07, 6.45) is -1.34. The van der Waals surface area contributed by atoms with Gasteiger partial charge in [-0.2, -0.15) is 13.2 Å². The van der Waals surface area contributed by atoms with Crippen LogP contribution in [0, 0.1) is 5.92 Å². The van der Waals surface area contributed by atoms with Crippen LogP contribution in [0.5, 0.6) is 5.75 Å². The lowest BCUT2D eigenvalue weighted by Crippen LogP contribution is -2.42. The van der Waals surface area contributed by atoms with Crippen LogP contribution in [0.15, 0.2) is 24.3 Å². The van der Waals surface area contributed by atoms with E-state index < -0.39 is 24.2 Å². The molecule has 1 N–H and O–H groups in total. The summed E-state index contributed by atoms with van der Waals surface area (Å²) in [6, 6.07) is 6.84. The molecule has 8 heteroatoms. The molecule has 1 amide bonds. The predicted molar refractivity (Wildman–Crippen MR) is 105 cm³/mol. The maximum Gasteiger partial charge on any atom is 0.410 e. The molecule has 0 saturated heterocycles. The van der Waals surface area contributed by atoms with E-state index in [2.05, 4.69) is 4.98 Å². The summed E-state index contributed by atoms with van der Waals surface area (Å²) in [5.74, 6) is -0.830. The number of hydrogen-bond acceptors (Lipinski definition) is 3. The summed E-state index contributed by atoms with van der Waals surface area (Å²) in [5.41, 5.74) is 2.53. The summed E-state index contributed by atoms with van der Waals surface area (Å²) in [4.78, 5) is 17.5. The Morgan fingerprint density at radius 3 is 2.63 bits per heavy atom. The van der Waals surface area contributed by atoms with Crippen molar-refractivity contribution in [2.45, 2.75) is 32.0 Å². The van der Waals surface area contributed by atoms with Gasteiger partial charge in [0.2, 0.25) is 0 Å². The maximum absolute atomic E-state index is 13.2. The van der Waals surface area contributed by atoms with Gasteiger partial charge in [0, 0.05) is 17.6 Å². The Bertz CT molecular complexity index is 1060. The van der Waals surface area contributed by atoms with Gasteiger partial charge < -0.3 is 14.5 Å². The van der Waals surface area contributed by atoms with E-state index >= 15 is 0 Å². The quantitative estimate of drug-likeness (QED) is 0.829. The zero-order valence-corrected chi connectivity index (χ0v) is 16.8. The number of H-pyrrole nitrogens is 1. The lowest BCUT2D eigenvalue weighted by atomic mass is 9.92. The molecule has 2 aromatic rings. The van der Waals surface area contributed by atoms with Gasteiger partial charge in [-0.05, 0) is 54.3 Å². The fourth-order valence-electron chi connectivity index (χ4n) is 4.26. The Kier molecular flexibility index (Phi) is 5.26. The number of halogens is 3. The van der Waals surface area contributed by atoms with Gasteiger partial charge in [-0.25, -0.2) is 4.79 Å². The van der Waals surface area contributed by atoms with Gasteiger partial charge in [0.1, 0.15) is 11.8 Å². The van der Waals surface area contributed by atoms with Crippen LogP contribution in [-0.2, 0) is 11.2 Å². The second-order valence-electron chi connectivity index (χ2n) is 7.42. The van der Waals surface area contributed by atoms with Gasteiger partial charge in [-0.3, -0.25) is 4.90 Å². The molecular formula is C22H23F3N2O3. The van der Waals surface area contributed by atoms with E-state index in [1.165, 1.54) is 6.08 Å².